The number of alkyl halides is 3. The van der Waals surface area contributed by atoms with Crippen LogP contribution in [0.25, 0.3) is 0 Å². The monoisotopic (exact) mass is 391 g/mol. The molecule has 0 N–H and O–H groups in total. The predicted molar refractivity (Wildman–Crippen MR) is 83.4 cm³/mol. The number of halogens is 5. The van der Waals surface area contributed by atoms with E-state index in [9.17, 15) is 13.2 Å². The summed E-state index contributed by atoms with van der Waals surface area (Å²) in [5.41, 5.74) is -0.840. The van der Waals surface area contributed by atoms with Crippen molar-refractivity contribution in [2.75, 3.05) is 0 Å². The summed E-state index contributed by atoms with van der Waals surface area (Å²) in [6.45, 7) is 1.43. The molecule has 0 saturated carbocycles. The van der Waals surface area contributed by atoms with E-state index in [0.717, 1.165) is 10.5 Å². The lowest BCUT2D eigenvalue weighted by Gasteiger charge is -2.12. The van der Waals surface area contributed by atoms with Crippen molar-refractivity contribution >= 4 is 33.2 Å². The number of rotatable bonds is 3. The first-order valence-electron chi connectivity index (χ1n) is 6.11. The topological polar surface area (TPSA) is 21.6 Å². The molecule has 0 heterocycles. The Morgan fingerprint density at radius 3 is 2.36 bits per heavy atom. The largest absolute Gasteiger partial charge is 0.417 e. The molecule has 116 valence electrons. The Morgan fingerprint density at radius 2 is 1.77 bits per heavy atom. The van der Waals surface area contributed by atoms with Crippen molar-refractivity contribution in [3.05, 3.63) is 63.1 Å². The molecule has 0 bridgehead atoms. The summed E-state index contributed by atoms with van der Waals surface area (Å²) in [5.74, 6) is 0.415. The average molecular weight is 393 g/mol. The Balaban J connectivity index is 2.32. The quantitative estimate of drug-likeness (QED) is 0.469. The molecule has 0 unspecified atom stereocenters. The van der Waals surface area contributed by atoms with Crippen LogP contribution >= 0.6 is 27.5 Å². The summed E-state index contributed by atoms with van der Waals surface area (Å²) in [5, 5.41) is 3.95. The maximum absolute atomic E-state index is 13.0. The van der Waals surface area contributed by atoms with Gasteiger partial charge in [-0.2, -0.15) is 13.2 Å². The van der Waals surface area contributed by atoms with Gasteiger partial charge in [-0.05, 0) is 49.4 Å². The van der Waals surface area contributed by atoms with Gasteiger partial charge in [0.25, 0.3) is 0 Å². The molecule has 2 nitrogen and oxygen atoms in total. The molecule has 2 rings (SSSR count). The maximum atomic E-state index is 13.0. The summed E-state index contributed by atoms with van der Waals surface area (Å²) in [6, 6.07) is 10.1. The van der Waals surface area contributed by atoms with Crippen molar-refractivity contribution < 1.29 is 18.0 Å². The summed E-state index contributed by atoms with van der Waals surface area (Å²) in [7, 11) is 0. The SMILES string of the molecule is C/C(=N\Oc1ccc(Br)cc1)c1cc(Cl)ccc1C(F)(F)F. The fourth-order valence-electron chi connectivity index (χ4n) is 1.73. The minimum absolute atomic E-state index is 0.0812. The van der Waals surface area contributed by atoms with Gasteiger partial charge in [-0.15, -0.1) is 0 Å². The molecule has 0 spiro atoms. The van der Waals surface area contributed by atoms with E-state index in [-0.39, 0.29) is 16.3 Å². The van der Waals surface area contributed by atoms with Gasteiger partial charge in [0.15, 0.2) is 5.75 Å². The highest BCUT2D eigenvalue weighted by atomic mass is 79.9. The predicted octanol–water partition coefficient (Wildman–Crippen LogP) is 5.92. The van der Waals surface area contributed by atoms with Crippen molar-refractivity contribution in [1.82, 2.24) is 0 Å². The van der Waals surface area contributed by atoms with Crippen molar-refractivity contribution in [1.29, 1.82) is 0 Å². The Kier molecular flexibility index (Phi) is 5.13. The van der Waals surface area contributed by atoms with Crippen LogP contribution in [-0.2, 0) is 6.18 Å². The molecule has 0 fully saturated rings. The van der Waals surface area contributed by atoms with Gasteiger partial charge in [0.1, 0.15) is 0 Å². The lowest BCUT2D eigenvalue weighted by Crippen LogP contribution is -2.12. The van der Waals surface area contributed by atoms with E-state index in [1.54, 1.807) is 24.3 Å². The van der Waals surface area contributed by atoms with Crippen molar-refractivity contribution in [2.24, 2.45) is 5.16 Å². The number of hydrogen-bond donors (Lipinski definition) is 0. The molecule has 2 aromatic rings. The van der Waals surface area contributed by atoms with Crippen LogP contribution in [0.1, 0.15) is 18.1 Å². The van der Waals surface area contributed by atoms with Crippen LogP contribution in [0, 0.1) is 0 Å². The van der Waals surface area contributed by atoms with Crippen LogP contribution in [0.5, 0.6) is 5.75 Å². The molecule has 0 aliphatic heterocycles. The average Bonchev–Trinajstić information content (AvgIpc) is 2.45. The van der Waals surface area contributed by atoms with Gasteiger partial charge in [0, 0.05) is 15.1 Å². The molecule has 0 aliphatic carbocycles. The highest BCUT2D eigenvalue weighted by Crippen LogP contribution is 2.33. The molecule has 7 heteroatoms. The minimum atomic E-state index is -4.49. The Hall–Kier alpha value is -1.53. The second-order valence-electron chi connectivity index (χ2n) is 4.41. The first-order valence-corrected chi connectivity index (χ1v) is 7.29. The van der Waals surface area contributed by atoms with Crippen LogP contribution in [0.3, 0.4) is 0 Å². The molecule has 0 saturated heterocycles. The van der Waals surface area contributed by atoms with Gasteiger partial charge < -0.3 is 4.84 Å². The lowest BCUT2D eigenvalue weighted by atomic mass is 10.0. The molecular formula is C15H10BrClF3NO. The van der Waals surface area contributed by atoms with Crippen molar-refractivity contribution in [3.63, 3.8) is 0 Å². The molecule has 0 radical (unpaired) electrons. The van der Waals surface area contributed by atoms with Gasteiger partial charge >= 0.3 is 6.18 Å². The highest BCUT2D eigenvalue weighted by molar-refractivity contribution is 9.10. The van der Waals surface area contributed by atoms with Crippen molar-refractivity contribution in [2.45, 2.75) is 13.1 Å². The van der Waals surface area contributed by atoms with Gasteiger partial charge in [-0.3, -0.25) is 0 Å². The van der Waals surface area contributed by atoms with Gasteiger partial charge in [-0.25, -0.2) is 0 Å². The van der Waals surface area contributed by atoms with Crippen LogP contribution in [0.4, 0.5) is 13.2 Å². The molecule has 2 aromatic carbocycles. The summed E-state index contributed by atoms with van der Waals surface area (Å²) in [4.78, 5) is 5.14. The number of oxime groups is 1. The molecule has 22 heavy (non-hydrogen) atoms. The smallest absolute Gasteiger partial charge is 0.357 e. The molecule has 0 atom stereocenters. The van der Waals surface area contributed by atoms with E-state index < -0.39 is 11.7 Å². The third-order valence-corrected chi connectivity index (χ3v) is 3.54. The highest BCUT2D eigenvalue weighted by Gasteiger charge is 2.34. The molecule has 0 aliphatic rings. The third-order valence-electron chi connectivity index (χ3n) is 2.78. The zero-order valence-electron chi connectivity index (χ0n) is 11.3. The van der Waals surface area contributed by atoms with Crippen LogP contribution in [0.15, 0.2) is 52.1 Å². The van der Waals surface area contributed by atoms with Gasteiger partial charge in [0.2, 0.25) is 0 Å². The van der Waals surface area contributed by atoms with E-state index in [4.69, 9.17) is 16.4 Å². The summed E-state index contributed by atoms with van der Waals surface area (Å²) >= 11 is 9.05. The van der Waals surface area contributed by atoms with Crippen LogP contribution < -0.4 is 4.84 Å². The first kappa shape index (κ1) is 16.8. The normalized spacial score (nSPS) is 12.4. The zero-order chi connectivity index (χ0) is 16.3. The number of benzene rings is 2. The first-order chi connectivity index (χ1) is 10.3. The summed E-state index contributed by atoms with van der Waals surface area (Å²) in [6.07, 6.45) is -4.49. The maximum Gasteiger partial charge on any atom is 0.417 e. The fourth-order valence-corrected chi connectivity index (χ4v) is 2.17. The van der Waals surface area contributed by atoms with E-state index in [0.29, 0.717) is 5.75 Å². The third kappa shape index (κ3) is 4.24. The van der Waals surface area contributed by atoms with Crippen molar-refractivity contribution in [3.8, 4) is 5.75 Å². The van der Waals surface area contributed by atoms with E-state index in [1.807, 2.05) is 0 Å². The molecule has 0 aromatic heterocycles. The zero-order valence-corrected chi connectivity index (χ0v) is 13.6. The second kappa shape index (κ2) is 6.71. The molecule has 0 amide bonds. The Morgan fingerprint density at radius 1 is 1.14 bits per heavy atom. The van der Waals surface area contributed by atoms with E-state index >= 15 is 0 Å². The van der Waals surface area contributed by atoms with E-state index in [1.165, 1.54) is 19.1 Å². The van der Waals surface area contributed by atoms with Crippen LogP contribution in [-0.4, -0.2) is 5.71 Å². The molecular weight excluding hydrogens is 383 g/mol. The Labute approximate surface area is 138 Å². The van der Waals surface area contributed by atoms with Crippen LogP contribution in [0.2, 0.25) is 5.02 Å². The van der Waals surface area contributed by atoms with E-state index in [2.05, 4.69) is 21.1 Å². The minimum Gasteiger partial charge on any atom is -0.357 e. The standard InChI is InChI=1S/C15H10BrClF3NO/c1-9(21-22-12-5-2-10(16)3-6-12)13-8-11(17)4-7-14(13)15(18,19)20/h2-8H,1H3/b21-9+. The fraction of sp³-hybridized carbons (Fsp3) is 0.133. The lowest BCUT2D eigenvalue weighted by molar-refractivity contribution is -0.137. The van der Waals surface area contributed by atoms with Gasteiger partial charge in [-0.1, -0.05) is 32.7 Å². The second-order valence-corrected chi connectivity index (χ2v) is 5.76. The number of hydrogen-bond acceptors (Lipinski definition) is 2. The summed E-state index contributed by atoms with van der Waals surface area (Å²) < 4.78 is 39.9. The van der Waals surface area contributed by atoms with Gasteiger partial charge in [0.05, 0.1) is 11.3 Å². The Bertz CT molecular complexity index is 699. The number of nitrogens with zero attached hydrogens (tertiary/aromatic N) is 1.